The Bertz CT molecular complexity index is 1710. The Balaban J connectivity index is 1.52. The summed E-state index contributed by atoms with van der Waals surface area (Å²) in [5, 5.41) is 4.28. The van der Waals surface area contributed by atoms with E-state index in [0.717, 1.165) is 22.5 Å². The lowest BCUT2D eigenvalue weighted by Crippen LogP contribution is -2.05. The van der Waals surface area contributed by atoms with Crippen molar-refractivity contribution < 1.29 is 4.74 Å². The third-order valence-corrected chi connectivity index (χ3v) is 6.91. The van der Waals surface area contributed by atoms with Gasteiger partial charge in [0.15, 0.2) is 5.82 Å². The fourth-order valence-electron chi connectivity index (χ4n) is 5.05. The molecular weight excluding hydrogens is 482 g/mol. The summed E-state index contributed by atoms with van der Waals surface area (Å²) in [7, 11) is 0. The Morgan fingerprint density at radius 2 is 1.46 bits per heavy atom. The van der Waals surface area contributed by atoms with E-state index in [4.69, 9.17) is 9.72 Å². The van der Waals surface area contributed by atoms with Crippen LogP contribution in [0.3, 0.4) is 0 Å². The number of pyridine rings is 1. The average molecular weight is 514 g/mol. The molecule has 0 aliphatic heterocycles. The lowest BCUT2D eigenvalue weighted by atomic mass is 9.88. The number of fused-ring (bicyclic) bond motifs is 1. The molecule has 6 aromatic rings. The second-order valence-electron chi connectivity index (χ2n) is 10.3. The standard InChI is InChI=1S/C33H31N5O/c1-22(2)26-13-8-14-27(23(3)4)32(26)33-35-28-18-17-25(21-29(28)38(33)24-11-6-5-7-12-24)39-31-16-9-15-30(36-31)37-20-10-19-34-37/h5-23H,1-4H3. The molecule has 0 saturated carbocycles. The molecule has 0 saturated heterocycles. The number of imidazole rings is 1. The van der Waals surface area contributed by atoms with Gasteiger partial charge in [-0.05, 0) is 59.4 Å². The van der Waals surface area contributed by atoms with Gasteiger partial charge in [-0.25, -0.2) is 9.67 Å². The van der Waals surface area contributed by atoms with Crippen LogP contribution in [0.25, 0.3) is 33.9 Å². The molecule has 0 bridgehead atoms. The first kappa shape index (κ1) is 24.6. The Kier molecular flexibility index (Phi) is 6.45. The van der Waals surface area contributed by atoms with Gasteiger partial charge in [-0.2, -0.15) is 10.1 Å². The van der Waals surface area contributed by atoms with E-state index in [1.165, 1.54) is 16.7 Å². The summed E-state index contributed by atoms with van der Waals surface area (Å²) >= 11 is 0. The zero-order valence-electron chi connectivity index (χ0n) is 22.6. The Labute approximate surface area is 228 Å². The first-order valence-corrected chi connectivity index (χ1v) is 13.4. The van der Waals surface area contributed by atoms with Crippen LogP contribution in [0.15, 0.2) is 103 Å². The van der Waals surface area contributed by atoms with Gasteiger partial charge in [0.25, 0.3) is 0 Å². The molecule has 0 spiro atoms. The van der Waals surface area contributed by atoms with Gasteiger partial charge in [0.1, 0.15) is 11.6 Å². The van der Waals surface area contributed by atoms with Crippen LogP contribution in [0, 0.1) is 0 Å². The van der Waals surface area contributed by atoms with E-state index in [9.17, 15) is 0 Å². The number of rotatable bonds is 7. The summed E-state index contributed by atoms with van der Waals surface area (Å²) in [5.74, 6) is 3.55. The number of ether oxygens (including phenoxy) is 1. The highest BCUT2D eigenvalue weighted by atomic mass is 16.5. The molecule has 0 aliphatic carbocycles. The average Bonchev–Trinajstić information content (AvgIpc) is 3.62. The zero-order chi connectivity index (χ0) is 26.9. The van der Waals surface area contributed by atoms with Gasteiger partial charge in [0.05, 0.1) is 11.0 Å². The van der Waals surface area contributed by atoms with E-state index in [1.54, 1.807) is 10.9 Å². The highest BCUT2D eigenvalue weighted by molar-refractivity contribution is 5.86. The fourth-order valence-corrected chi connectivity index (χ4v) is 5.05. The van der Waals surface area contributed by atoms with Gasteiger partial charge < -0.3 is 4.74 Å². The van der Waals surface area contributed by atoms with E-state index < -0.39 is 0 Å². The maximum atomic E-state index is 6.26. The molecular formula is C33H31N5O. The zero-order valence-corrected chi connectivity index (χ0v) is 22.6. The van der Waals surface area contributed by atoms with Crippen LogP contribution in [-0.4, -0.2) is 24.3 Å². The predicted molar refractivity (Wildman–Crippen MR) is 156 cm³/mol. The van der Waals surface area contributed by atoms with Crippen LogP contribution in [0.2, 0.25) is 0 Å². The molecule has 0 atom stereocenters. The molecule has 0 fully saturated rings. The van der Waals surface area contributed by atoms with Crippen molar-refractivity contribution in [3.05, 3.63) is 115 Å². The topological polar surface area (TPSA) is 57.8 Å². The normalized spacial score (nSPS) is 11.5. The van der Waals surface area contributed by atoms with E-state index in [0.29, 0.717) is 29.3 Å². The Morgan fingerprint density at radius 3 is 2.15 bits per heavy atom. The van der Waals surface area contributed by atoms with Crippen molar-refractivity contribution in [1.82, 2.24) is 24.3 Å². The quantitative estimate of drug-likeness (QED) is 0.215. The van der Waals surface area contributed by atoms with Crippen molar-refractivity contribution in [2.45, 2.75) is 39.5 Å². The summed E-state index contributed by atoms with van der Waals surface area (Å²) in [6, 6.07) is 30.6. The van der Waals surface area contributed by atoms with Gasteiger partial charge in [0, 0.05) is 35.8 Å². The molecule has 0 amide bonds. The monoisotopic (exact) mass is 513 g/mol. The lowest BCUT2D eigenvalue weighted by Gasteiger charge is -2.20. The van der Waals surface area contributed by atoms with Crippen LogP contribution in [0.1, 0.15) is 50.7 Å². The van der Waals surface area contributed by atoms with Crippen molar-refractivity contribution in [1.29, 1.82) is 0 Å². The van der Waals surface area contributed by atoms with Crippen LogP contribution in [0.5, 0.6) is 11.6 Å². The van der Waals surface area contributed by atoms with Gasteiger partial charge >= 0.3 is 0 Å². The summed E-state index contributed by atoms with van der Waals surface area (Å²) in [5.41, 5.74) is 6.74. The first-order chi connectivity index (χ1) is 19.0. The third kappa shape index (κ3) is 4.70. The van der Waals surface area contributed by atoms with Crippen molar-refractivity contribution in [3.8, 4) is 34.5 Å². The number of hydrogen-bond acceptors (Lipinski definition) is 4. The number of nitrogens with zero attached hydrogens (tertiary/aromatic N) is 5. The molecule has 194 valence electrons. The molecule has 3 aromatic carbocycles. The van der Waals surface area contributed by atoms with Crippen molar-refractivity contribution in [3.63, 3.8) is 0 Å². The van der Waals surface area contributed by atoms with E-state index in [-0.39, 0.29) is 0 Å². The molecule has 3 heterocycles. The second kappa shape index (κ2) is 10.2. The maximum Gasteiger partial charge on any atom is 0.221 e. The Morgan fingerprint density at radius 1 is 0.718 bits per heavy atom. The third-order valence-electron chi connectivity index (χ3n) is 6.91. The molecule has 0 N–H and O–H groups in total. The SMILES string of the molecule is CC(C)c1cccc(C(C)C)c1-c1nc2ccc(Oc3cccc(-n4cccn4)n3)cc2n1-c1ccccc1. The van der Waals surface area contributed by atoms with Gasteiger partial charge in [-0.15, -0.1) is 0 Å². The summed E-state index contributed by atoms with van der Waals surface area (Å²) in [6.07, 6.45) is 3.59. The van der Waals surface area contributed by atoms with E-state index >= 15 is 0 Å². The van der Waals surface area contributed by atoms with Crippen molar-refractivity contribution >= 4 is 11.0 Å². The van der Waals surface area contributed by atoms with E-state index in [2.05, 4.69) is 84.8 Å². The summed E-state index contributed by atoms with van der Waals surface area (Å²) in [6.45, 7) is 8.98. The number of aromatic nitrogens is 5. The summed E-state index contributed by atoms with van der Waals surface area (Å²) < 4.78 is 10.2. The first-order valence-electron chi connectivity index (χ1n) is 13.4. The van der Waals surface area contributed by atoms with Gasteiger partial charge in [-0.3, -0.25) is 4.57 Å². The minimum atomic E-state index is 0.356. The highest BCUT2D eigenvalue weighted by Gasteiger charge is 2.23. The number of benzene rings is 3. The second-order valence-corrected chi connectivity index (χ2v) is 10.3. The Hall–Kier alpha value is -4.71. The molecule has 0 aliphatic rings. The highest BCUT2D eigenvalue weighted by Crippen LogP contribution is 2.39. The van der Waals surface area contributed by atoms with Gasteiger partial charge in [0.2, 0.25) is 5.88 Å². The van der Waals surface area contributed by atoms with Crippen LogP contribution in [-0.2, 0) is 0 Å². The van der Waals surface area contributed by atoms with Crippen molar-refractivity contribution in [2.24, 2.45) is 0 Å². The fraction of sp³-hybridized carbons (Fsp3) is 0.182. The molecule has 6 nitrogen and oxygen atoms in total. The molecule has 6 rings (SSSR count). The maximum absolute atomic E-state index is 6.26. The van der Waals surface area contributed by atoms with Crippen LogP contribution >= 0.6 is 0 Å². The van der Waals surface area contributed by atoms with Gasteiger partial charge in [-0.1, -0.05) is 70.2 Å². The van der Waals surface area contributed by atoms with Crippen LogP contribution in [0.4, 0.5) is 0 Å². The minimum Gasteiger partial charge on any atom is -0.439 e. The molecule has 3 aromatic heterocycles. The smallest absolute Gasteiger partial charge is 0.221 e. The van der Waals surface area contributed by atoms with E-state index in [1.807, 2.05) is 54.7 Å². The molecule has 39 heavy (non-hydrogen) atoms. The van der Waals surface area contributed by atoms with Crippen molar-refractivity contribution in [2.75, 3.05) is 0 Å². The summed E-state index contributed by atoms with van der Waals surface area (Å²) in [4.78, 5) is 9.86. The largest absolute Gasteiger partial charge is 0.439 e. The molecule has 6 heteroatoms. The minimum absolute atomic E-state index is 0.356. The predicted octanol–water partition coefficient (Wildman–Crippen LogP) is 8.31. The lowest BCUT2D eigenvalue weighted by molar-refractivity contribution is 0.462. The molecule has 0 radical (unpaired) electrons. The number of para-hydroxylation sites is 1. The van der Waals surface area contributed by atoms with Crippen LogP contribution < -0.4 is 4.74 Å². The number of hydrogen-bond donors (Lipinski definition) is 0. The molecule has 0 unspecified atom stereocenters.